The Balaban J connectivity index is 2.67. The molecule has 0 aliphatic rings. The highest BCUT2D eigenvalue weighted by Gasteiger charge is 2.19. The number of allylic oxidation sites excluding steroid dienone is 1. The second-order valence-electron chi connectivity index (χ2n) is 4.82. The van der Waals surface area contributed by atoms with Crippen LogP contribution in [0.25, 0.3) is 11.2 Å². The maximum Gasteiger partial charge on any atom is 0.332 e. The van der Waals surface area contributed by atoms with E-state index in [-0.39, 0.29) is 18.0 Å². The molecule has 0 aromatic carbocycles. The maximum atomic E-state index is 12.4. The predicted octanol–water partition coefficient (Wildman–Crippen LogP) is -0.935. The van der Waals surface area contributed by atoms with Crippen molar-refractivity contribution in [3.8, 4) is 0 Å². The molecule has 9 heteroatoms. The smallest absolute Gasteiger partial charge is 0.332 e. The monoisotopic (exact) mass is 326 g/mol. The van der Waals surface area contributed by atoms with E-state index < -0.39 is 17.4 Å². The fraction of sp³-hybridized carbons (Fsp3) is 0.462. The summed E-state index contributed by atoms with van der Waals surface area (Å²) in [4.78, 5) is 28.7. The highest BCUT2D eigenvalue weighted by molar-refractivity contribution is 7.99. The summed E-state index contributed by atoms with van der Waals surface area (Å²) in [5.41, 5.74) is -0.281. The summed E-state index contributed by atoms with van der Waals surface area (Å²) in [7, 11) is 2.96. The maximum absolute atomic E-state index is 12.4. The number of aromatic nitrogens is 4. The summed E-state index contributed by atoms with van der Waals surface area (Å²) < 4.78 is 3.99. The average Bonchev–Trinajstić information content (AvgIpc) is 2.87. The number of nitrogens with zero attached hydrogens (tertiary/aromatic N) is 4. The molecule has 22 heavy (non-hydrogen) atoms. The summed E-state index contributed by atoms with van der Waals surface area (Å²) in [6, 6.07) is 0. The van der Waals surface area contributed by atoms with Crippen LogP contribution >= 0.6 is 11.8 Å². The Bertz CT molecular complexity index is 820. The molecule has 0 aliphatic carbocycles. The van der Waals surface area contributed by atoms with Crippen molar-refractivity contribution >= 4 is 22.9 Å². The average molecular weight is 326 g/mol. The number of rotatable bonds is 6. The van der Waals surface area contributed by atoms with Crippen molar-refractivity contribution in [2.24, 2.45) is 14.1 Å². The van der Waals surface area contributed by atoms with Gasteiger partial charge in [-0.3, -0.25) is 13.9 Å². The lowest BCUT2D eigenvalue weighted by Crippen LogP contribution is -2.37. The van der Waals surface area contributed by atoms with E-state index >= 15 is 0 Å². The van der Waals surface area contributed by atoms with Gasteiger partial charge in [-0.05, 0) is 0 Å². The highest BCUT2D eigenvalue weighted by Crippen LogP contribution is 2.22. The molecule has 0 saturated carbocycles. The molecule has 0 bridgehead atoms. The van der Waals surface area contributed by atoms with E-state index in [9.17, 15) is 14.7 Å². The first-order chi connectivity index (χ1) is 10.4. The van der Waals surface area contributed by atoms with Gasteiger partial charge in [-0.2, -0.15) is 0 Å². The second kappa shape index (κ2) is 6.51. The second-order valence-corrected chi connectivity index (χ2v) is 5.81. The Labute approximate surface area is 130 Å². The van der Waals surface area contributed by atoms with E-state index in [1.807, 2.05) is 0 Å². The molecule has 0 saturated heterocycles. The third-order valence-corrected chi connectivity index (χ3v) is 4.36. The quantitative estimate of drug-likeness (QED) is 0.525. The van der Waals surface area contributed by atoms with Crippen LogP contribution in [0.2, 0.25) is 0 Å². The van der Waals surface area contributed by atoms with Gasteiger partial charge in [-0.25, -0.2) is 9.78 Å². The molecule has 0 radical (unpaired) electrons. The number of imidazole rings is 1. The van der Waals surface area contributed by atoms with Gasteiger partial charge in [0.05, 0.1) is 12.7 Å². The fourth-order valence-electron chi connectivity index (χ4n) is 2.06. The van der Waals surface area contributed by atoms with Crippen molar-refractivity contribution in [1.29, 1.82) is 0 Å². The first kappa shape index (κ1) is 16.5. The van der Waals surface area contributed by atoms with Gasteiger partial charge in [-0.1, -0.05) is 17.8 Å². The van der Waals surface area contributed by atoms with Crippen molar-refractivity contribution in [3.05, 3.63) is 33.5 Å². The number of fused-ring (bicyclic) bond motifs is 1. The molecule has 120 valence electrons. The van der Waals surface area contributed by atoms with E-state index in [1.165, 1.54) is 23.4 Å². The predicted molar refractivity (Wildman–Crippen MR) is 84.2 cm³/mol. The first-order valence-corrected chi connectivity index (χ1v) is 7.59. The van der Waals surface area contributed by atoms with E-state index in [0.717, 1.165) is 4.57 Å². The molecular formula is C13H18N4O4S. The molecule has 2 aromatic heterocycles. The minimum Gasteiger partial charge on any atom is -0.394 e. The van der Waals surface area contributed by atoms with Gasteiger partial charge in [0.2, 0.25) is 0 Å². The van der Waals surface area contributed by atoms with Gasteiger partial charge in [0, 0.05) is 26.4 Å². The molecule has 2 N–H and O–H groups in total. The van der Waals surface area contributed by atoms with Gasteiger partial charge < -0.3 is 14.8 Å². The zero-order chi connectivity index (χ0) is 16.4. The lowest BCUT2D eigenvalue weighted by molar-refractivity contribution is 0.113. The van der Waals surface area contributed by atoms with Crippen molar-refractivity contribution in [2.45, 2.75) is 17.8 Å². The zero-order valence-corrected chi connectivity index (χ0v) is 13.2. The van der Waals surface area contributed by atoms with E-state index in [4.69, 9.17) is 5.11 Å². The standard InChI is InChI=1S/C13H18N4O4S/c1-4-5-17-9-10(14-12(17)22-7-8(19)6-18)15(2)13(21)16(3)11(9)20/h4,8,18-19H,1,5-7H2,2-3H3/t8-/m0/s1. The SMILES string of the molecule is C=CCn1c(SC[C@@H](O)CO)nc2c1c(=O)n(C)c(=O)n2C. The van der Waals surface area contributed by atoms with Crippen LogP contribution in [0.5, 0.6) is 0 Å². The van der Waals surface area contributed by atoms with Crippen LogP contribution in [-0.4, -0.2) is 47.4 Å². The van der Waals surface area contributed by atoms with Crippen molar-refractivity contribution < 1.29 is 10.2 Å². The van der Waals surface area contributed by atoms with E-state index in [1.54, 1.807) is 17.7 Å². The van der Waals surface area contributed by atoms with Crippen LogP contribution in [0.1, 0.15) is 0 Å². The topological polar surface area (TPSA) is 102 Å². The largest absolute Gasteiger partial charge is 0.394 e. The minimum absolute atomic E-state index is 0.227. The van der Waals surface area contributed by atoms with Gasteiger partial charge in [-0.15, -0.1) is 6.58 Å². The first-order valence-electron chi connectivity index (χ1n) is 6.61. The molecule has 0 unspecified atom stereocenters. The van der Waals surface area contributed by atoms with Crippen molar-refractivity contribution in [1.82, 2.24) is 18.7 Å². The number of hydrogen-bond donors (Lipinski definition) is 2. The minimum atomic E-state index is -0.881. The third-order valence-electron chi connectivity index (χ3n) is 3.24. The Morgan fingerprint density at radius 2 is 2.05 bits per heavy atom. The highest BCUT2D eigenvalue weighted by atomic mass is 32.2. The number of aliphatic hydroxyl groups excluding tert-OH is 2. The number of aryl methyl sites for hydroxylation is 1. The summed E-state index contributed by atoms with van der Waals surface area (Å²) in [6.07, 6.45) is 0.742. The molecule has 8 nitrogen and oxygen atoms in total. The number of thioether (sulfide) groups is 1. The molecule has 1 atom stereocenters. The molecule has 0 amide bonds. The molecule has 0 fully saturated rings. The van der Waals surface area contributed by atoms with Crippen LogP contribution in [-0.2, 0) is 20.6 Å². The lowest BCUT2D eigenvalue weighted by Gasteiger charge is -2.08. The van der Waals surface area contributed by atoms with Crippen LogP contribution in [0, 0.1) is 0 Å². The van der Waals surface area contributed by atoms with Gasteiger partial charge in [0.15, 0.2) is 16.3 Å². The summed E-state index contributed by atoms with van der Waals surface area (Å²) >= 11 is 1.21. The normalized spacial score (nSPS) is 12.7. The van der Waals surface area contributed by atoms with Crippen LogP contribution in [0.15, 0.2) is 27.4 Å². The zero-order valence-electron chi connectivity index (χ0n) is 12.4. The van der Waals surface area contributed by atoms with Gasteiger partial charge in [0.25, 0.3) is 5.56 Å². The van der Waals surface area contributed by atoms with Crippen LogP contribution < -0.4 is 11.2 Å². The molecule has 0 aliphatic heterocycles. The van der Waals surface area contributed by atoms with Gasteiger partial charge >= 0.3 is 5.69 Å². The number of hydrogen-bond acceptors (Lipinski definition) is 6. The Hall–Kier alpha value is -1.84. The Morgan fingerprint density at radius 1 is 1.36 bits per heavy atom. The molecule has 2 rings (SSSR count). The van der Waals surface area contributed by atoms with Crippen LogP contribution in [0.4, 0.5) is 0 Å². The van der Waals surface area contributed by atoms with E-state index in [0.29, 0.717) is 17.2 Å². The van der Waals surface area contributed by atoms with Crippen LogP contribution in [0.3, 0.4) is 0 Å². The third kappa shape index (κ3) is 2.74. The lowest BCUT2D eigenvalue weighted by atomic mass is 10.4. The summed E-state index contributed by atoms with van der Waals surface area (Å²) in [6.45, 7) is 3.66. The van der Waals surface area contributed by atoms with Crippen molar-refractivity contribution in [2.75, 3.05) is 12.4 Å². The summed E-state index contributed by atoms with van der Waals surface area (Å²) in [5.74, 6) is 0.227. The molecule has 2 heterocycles. The van der Waals surface area contributed by atoms with Crippen molar-refractivity contribution in [3.63, 3.8) is 0 Å². The molecule has 0 spiro atoms. The molecular weight excluding hydrogens is 308 g/mol. The van der Waals surface area contributed by atoms with E-state index in [2.05, 4.69) is 11.6 Å². The summed E-state index contributed by atoms with van der Waals surface area (Å²) in [5, 5.41) is 18.8. The van der Waals surface area contributed by atoms with Gasteiger partial charge in [0.1, 0.15) is 0 Å². The fourth-order valence-corrected chi connectivity index (χ4v) is 2.98. The number of aliphatic hydroxyl groups is 2. The Kier molecular flexibility index (Phi) is 4.89. The molecule has 2 aromatic rings. The Morgan fingerprint density at radius 3 is 2.64 bits per heavy atom.